The zero-order chi connectivity index (χ0) is 11.8. The fraction of sp³-hybridized carbons (Fsp3) is 0.417. The lowest BCUT2D eigenvalue weighted by Gasteiger charge is -2.09. The van der Waals surface area contributed by atoms with E-state index in [0.29, 0.717) is 6.04 Å². The third kappa shape index (κ3) is 1.83. The normalized spacial score (nSPS) is 20.0. The van der Waals surface area contributed by atoms with Gasteiger partial charge in [0.2, 0.25) is 0 Å². The van der Waals surface area contributed by atoms with E-state index in [9.17, 15) is 0 Å². The molecule has 0 aliphatic carbocycles. The SMILES string of the molecule is COc1ccc2c(Br)nc(C3CCCN3)n2c1. The van der Waals surface area contributed by atoms with Crippen LogP contribution in [-0.4, -0.2) is 23.0 Å². The van der Waals surface area contributed by atoms with Crippen molar-refractivity contribution in [1.82, 2.24) is 14.7 Å². The van der Waals surface area contributed by atoms with Gasteiger partial charge in [-0.25, -0.2) is 4.98 Å². The molecule has 5 heteroatoms. The fourth-order valence-corrected chi connectivity index (χ4v) is 2.83. The first-order valence-electron chi connectivity index (χ1n) is 5.74. The molecule has 1 aliphatic heterocycles. The van der Waals surface area contributed by atoms with Crippen LogP contribution in [-0.2, 0) is 0 Å². The molecule has 2 aromatic rings. The maximum atomic E-state index is 5.26. The van der Waals surface area contributed by atoms with Gasteiger partial charge in [0.1, 0.15) is 16.2 Å². The molecule has 1 fully saturated rings. The maximum absolute atomic E-state index is 5.26. The second-order valence-corrected chi connectivity index (χ2v) is 4.99. The summed E-state index contributed by atoms with van der Waals surface area (Å²) in [6, 6.07) is 4.32. The van der Waals surface area contributed by atoms with Crippen LogP contribution in [0.1, 0.15) is 24.7 Å². The Hall–Kier alpha value is -1.07. The Bertz CT molecular complexity index is 546. The van der Waals surface area contributed by atoms with Crippen molar-refractivity contribution in [3.63, 3.8) is 0 Å². The molecule has 4 nitrogen and oxygen atoms in total. The van der Waals surface area contributed by atoms with E-state index in [2.05, 4.69) is 30.6 Å². The molecule has 1 unspecified atom stereocenters. The molecular weight excluding hydrogens is 282 g/mol. The number of nitrogens with one attached hydrogen (secondary N) is 1. The lowest BCUT2D eigenvalue weighted by atomic mass is 10.2. The van der Waals surface area contributed by atoms with Gasteiger partial charge in [-0.05, 0) is 47.4 Å². The van der Waals surface area contributed by atoms with Gasteiger partial charge in [0.25, 0.3) is 0 Å². The summed E-state index contributed by atoms with van der Waals surface area (Å²) in [5, 5.41) is 3.47. The van der Waals surface area contributed by atoms with Crippen molar-refractivity contribution >= 4 is 21.4 Å². The molecule has 90 valence electrons. The van der Waals surface area contributed by atoms with Crippen molar-refractivity contribution in [1.29, 1.82) is 0 Å². The van der Waals surface area contributed by atoms with Crippen LogP contribution >= 0.6 is 15.9 Å². The highest BCUT2D eigenvalue weighted by atomic mass is 79.9. The van der Waals surface area contributed by atoms with E-state index in [1.165, 1.54) is 6.42 Å². The van der Waals surface area contributed by atoms with Gasteiger partial charge in [-0.1, -0.05) is 0 Å². The summed E-state index contributed by atoms with van der Waals surface area (Å²) in [7, 11) is 1.68. The molecule has 17 heavy (non-hydrogen) atoms. The minimum absolute atomic E-state index is 0.348. The number of pyridine rings is 1. The van der Waals surface area contributed by atoms with Crippen LogP contribution in [0, 0.1) is 0 Å². The number of aromatic nitrogens is 2. The van der Waals surface area contributed by atoms with Gasteiger partial charge >= 0.3 is 0 Å². The Labute approximate surface area is 108 Å². The standard InChI is InChI=1S/C12H14BrN3O/c1-17-8-4-5-10-11(13)15-12(16(10)7-8)9-3-2-6-14-9/h4-5,7,9,14H,2-3,6H2,1H3. The van der Waals surface area contributed by atoms with Gasteiger partial charge in [0, 0.05) is 0 Å². The first kappa shape index (κ1) is 11.0. The van der Waals surface area contributed by atoms with Crippen molar-refractivity contribution in [3.05, 3.63) is 28.8 Å². The van der Waals surface area contributed by atoms with Crippen molar-refractivity contribution in [2.75, 3.05) is 13.7 Å². The summed E-state index contributed by atoms with van der Waals surface area (Å²) in [6.07, 6.45) is 4.34. The van der Waals surface area contributed by atoms with E-state index < -0.39 is 0 Å². The summed E-state index contributed by atoms with van der Waals surface area (Å²) < 4.78 is 8.26. The van der Waals surface area contributed by atoms with E-state index in [0.717, 1.165) is 34.7 Å². The average molecular weight is 296 g/mol. The molecule has 2 aromatic heterocycles. The van der Waals surface area contributed by atoms with Crippen LogP contribution in [0.5, 0.6) is 5.75 Å². The molecule has 1 aliphatic rings. The smallest absolute Gasteiger partial charge is 0.135 e. The van der Waals surface area contributed by atoms with E-state index in [1.54, 1.807) is 7.11 Å². The fourth-order valence-electron chi connectivity index (χ4n) is 2.32. The third-order valence-electron chi connectivity index (χ3n) is 3.20. The van der Waals surface area contributed by atoms with Crippen molar-refractivity contribution in [3.8, 4) is 5.75 Å². The van der Waals surface area contributed by atoms with Gasteiger partial charge in [0.05, 0.1) is 24.9 Å². The molecule has 0 radical (unpaired) electrons. The van der Waals surface area contributed by atoms with Crippen LogP contribution in [0.4, 0.5) is 0 Å². The maximum Gasteiger partial charge on any atom is 0.135 e. The number of ether oxygens (including phenoxy) is 1. The number of hydrogen-bond donors (Lipinski definition) is 1. The molecule has 0 bridgehead atoms. The van der Waals surface area contributed by atoms with Crippen LogP contribution < -0.4 is 10.1 Å². The molecular formula is C12H14BrN3O. The number of nitrogens with zero attached hydrogens (tertiary/aromatic N) is 2. The Kier molecular flexibility index (Phi) is 2.80. The van der Waals surface area contributed by atoms with Gasteiger partial charge in [0.15, 0.2) is 0 Å². The van der Waals surface area contributed by atoms with Crippen molar-refractivity contribution in [2.24, 2.45) is 0 Å². The predicted octanol–water partition coefficient (Wildman–Crippen LogP) is 2.53. The summed E-state index contributed by atoms with van der Waals surface area (Å²) in [5.74, 6) is 1.91. The molecule has 0 aromatic carbocycles. The minimum Gasteiger partial charge on any atom is -0.495 e. The molecule has 1 N–H and O–H groups in total. The third-order valence-corrected chi connectivity index (χ3v) is 3.78. The van der Waals surface area contributed by atoms with E-state index in [4.69, 9.17) is 4.74 Å². The second-order valence-electron chi connectivity index (χ2n) is 4.23. The van der Waals surface area contributed by atoms with Gasteiger partial charge < -0.3 is 10.1 Å². The molecule has 0 amide bonds. The quantitative estimate of drug-likeness (QED) is 0.925. The topological polar surface area (TPSA) is 38.6 Å². The van der Waals surface area contributed by atoms with Crippen LogP contribution in [0.3, 0.4) is 0 Å². The summed E-state index contributed by atoms with van der Waals surface area (Å²) in [5.41, 5.74) is 1.08. The number of hydrogen-bond acceptors (Lipinski definition) is 3. The molecule has 3 rings (SSSR count). The first-order chi connectivity index (χ1) is 8.29. The zero-order valence-electron chi connectivity index (χ0n) is 9.61. The summed E-state index contributed by atoms with van der Waals surface area (Å²) in [6.45, 7) is 1.07. The summed E-state index contributed by atoms with van der Waals surface area (Å²) >= 11 is 3.51. The van der Waals surface area contributed by atoms with Gasteiger partial charge in [-0.3, -0.25) is 4.40 Å². The van der Waals surface area contributed by atoms with E-state index in [1.807, 2.05) is 18.3 Å². The van der Waals surface area contributed by atoms with E-state index in [-0.39, 0.29) is 0 Å². The number of rotatable bonds is 2. The Morgan fingerprint density at radius 1 is 1.53 bits per heavy atom. The molecule has 1 atom stereocenters. The van der Waals surface area contributed by atoms with E-state index >= 15 is 0 Å². The number of imidazole rings is 1. The Balaban J connectivity index is 2.16. The minimum atomic E-state index is 0.348. The highest BCUT2D eigenvalue weighted by Gasteiger charge is 2.22. The average Bonchev–Trinajstić information content (AvgIpc) is 2.97. The number of fused-ring (bicyclic) bond motifs is 1. The summed E-state index contributed by atoms with van der Waals surface area (Å²) in [4.78, 5) is 4.61. The molecule has 1 saturated heterocycles. The molecule has 3 heterocycles. The Morgan fingerprint density at radius 2 is 2.41 bits per heavy atom. The van der Waals surface area contributed by atoms with Crippen LogP contribution in [0.25, 0.3) is 5.52 Å². The van der Waals surface area contributed by atoms with Crippen LogP contribution in [0.15, 0.2) is 22.9 Å². The lowest BCUT2D eigenvalue weighted by Crippen LogP contribution is -2.15. The lowest BCUT2D eigenvalue weighted by molar-refractivity contribution is 0.412. The predicted molar refractivity (Wildman–Crippen MR) is 69.4 cm³/mol. The second kappa shape index (κ2) is 4.31. The van der Waals surface area contributed by atoms with Gasteiger partial charge in [-0.2, -0.15) is 0 Å². The monoisotopic (exact) mass is 295 g/mol. The molecule has 0 spiro atoms. The van der Waals surface area contributed by atoms with Crippen molar-refractivity contribution in [2.45, 2.75) is 18.9 Å². The highest BCUT2D eigenvalue weighted by molar-refractivity contribution is 9.10. The number of halogens is 1. The first-order valence-corrected chi connectivity index (χ1v) is 6.54. The molecule has 0 saturated carbocycles. The van der Waals surface area contributed by atoms with Crippen LogP contribution in [0.2, 0.25) is 0 Å². The van der Waals surface area contributed by atoms with Crippen molar-refractivity contribution < 1.29 is 4.74 Å². The Morgan fingerprint density at radius 3 is 3.12 bits per heavy atom. The highest BCUT2D eigenvalue weighted by Crippen LogP contribution is 2.28. The largest absolute Gasteiger partial charge is 0.495 e. The number of methoxy groups -OCH3 is 1. The zero-order valence-corrected chi connectivity index (χ0v) is 11.2. The van der Waals surface area contributed by atoms with Gasteiger partial charge in [-0.15, -0.1) is 0 Å².